The molecule has 0 aliphatic rings. The molecule has 0 saturated heterocycles. The van der Waals surface area contributed by atoms with E-state index in [1.54, 1.807) is 17.3 Å². The van der Waals surface area contributed by atoms with Crippen LogP contribution < -0.4 is 5.32 Å². The molecule has 1 heterocycles. The average molecular weight is 279 g/mol. The summed E-state index contributed by atoms with van der Waals surface area (Å²) in [6.45, 7) is 2.82. The topological polar surface area (TPSA) is 72.7 Å². The van der Waals surface area contributed by atoms with Crippen molar-refractivity contribution in [1.82, 2.24) is 25.5 Å². The van der Waals surface area contributed by atoms with Crippen LogP contribution in [0.4, 0.5) is 0 Å². The molecule has 0 aliphatic carbocycles. The second kappa shape index (κ2) is 6.53. The highest BCUT2D eigenvalue weighted by Crippen LogP contribution is 2.15. The summed E-state index contributed by atoms with van der Waals surface area (Å²) in [6.07, 6.45) is 3.28. The summed E-state index contributed by atoms with van der Waals surface area (Å²) < 4.78 is 12.6. The molecule has 0 amide bonds. The van der Waals surface area contributed by atoms with Gasteiger partial charge in [-0.25, -0.2) is 4.68 Å². The Morgan fingerprint density at radius 2 is 2.32 bits per heavy atom. The lowest BCUT2D eigenvalue weighted by atomic mass is 10.1. The number of hydrogen-bond acceptors (Lipinski definition) is 5. The minimum atomic E-state index is -0.760. The van der Waals surface area contributed by atoms with Crippen LogP contribution in [0, 0.1) is 0 Å². The van der Waals surface area contributed by atoms with Crippen molar-refractivity contribution < 1.29 is 4.21 Å². The molecule has 6 nitrogen and oxygen atoms in total. The van der Waals surface area contributed by atoms with Gasteiger partial charge in [-0.2, -0.15) is 0 Å². The summed E-state index contributed by atoms with van der Waals surface area (Å²) in [6, 6.07) is 8.21. The van der Waals surface area contributed by atoms with E-state index in [0.29, 0.717) is 5.75 Å². The van der Waals surface area contributed by atoms with Crippen LogP contribution in [0.1, 0.15) is 18.5 Å². The van der Waals surface area contributed by atoms with E-state index in [-0.39, 0.29) is 6.04 Å². The molecular formula is C12H17N5OS. The van der Waals surface area contributed by atoms with Gasteiger partial charge in [0.05, 0.1) is 5.69 Å². The Labute approximate surface area is 114 Å². The van der Waals surface area contributed by atoms with E-state index in [4.69, 9.17) is 0 Å². The van der Waals surface area contributed by atoms with Gasteiger partial charge in [-0.15, -0.1) is 5.10 Å². The van der Waals surface area contributed by atoms with Crippen molar-refractivity contribution in [1.29, 1.82) is 0 Å². The number of tetrazole rings is 1. The Hall–Kier alpha value is -1.60. The van der Waals surface area contributed by atoms with Crippen LogP contribution in [0.2, 0.25) is 0 Å². The molecule has 0 aliphatic heterocycles. The molecule has 19 heavy (non-hydrogen) atoms. The lowest BCUT2D eigenvalue weighted by Crippen LogP contribution is -2.23. The Morgan fingerprint density at radius 1 is 1.47 bits per heavy atom. The van der Waals surface area contributed by atoms with Crippen LogP contribution in [0.15, 0.2) is 30.6 Å². The van der Waals surface area contributed by atoms with Crippen LogP contribution in [-0.4, -0.2) is 43.0 Å². The summed E-state index contributed by atoms with van der Waals surface area (Å²) in [5, 5.41) is 14.5. The molecule has 2 unspecified atom stereocenters. The van der Waals surface area contributed by atoms with E-state index in [1.807, 2.05) is 18.2 Å². The van der Waals surface area contributed by atoms with Gasteiger partial charge in [0.25, 0.3) is 0 Å². The van der Waals surface area contributed by atoms with Crippen molar-refractivity contribution >= 4 is 10.8 Å². The van der Waals surface area contributed by atoms with Crippen molar-refractivity contribution in [3.05, 3.63) is 36.2 Å². The van der Waals surface area contributed by atoms with Crippen LogP contribution in [-0.2, 0) is 10.8 Å². The standard InChI is InChI=1S/C12H17N5OS/c1-10(13-6-7-19(2)18)11-4-3-5-12(8-11)17-9-14-15-16-17/h3-5,8-10,13H,6-7H2,1-2H3. The Balaban J connectivity index is 2.04. The maximum atomic E-state index is 11.0. The molecule has 1 N–H and O–H groups in total. The third kappa shape index (κ3) is 3.93. The van der Waals surface area contributed by atoms with E-state index in [2.05, 4.69) is 33.8 Å². The van der Waals surface area contributed by atoms with Gasteiger partial charge in [-0.05, 0) is 35.0 Å². The molecule has 2 aromatic rings. The average Bonchev–Trinajstić information content (AvgIpc) is 2.92. The molecule has 0 saturated carbocycles. The first-order valence-corrected chi connectivity index (χ1v) is 7.76. The molecule has 102 valence electrons. The molecule has 0 radical (unpaired) electrons. The molecule has 2 rings (SSSR count). The fraction of sp³-hybridized carbons (Fsp3) is 0.417. The fourth-order valence-electron chi connectivity index (χ4n) is 1.75. The third-order valence-corrected chi connectivity index (χ3v) is 3.60. The SMILES string of the molecule is CC(NCCS(C)=O)c1cccc(-n2cnnn2)c1. The quantitative estimate of drug-likeness (QED) is 0.842. The van der Waals surface area contributed by atoms with E-state index < -0.39 is 10.8 Å². The number of nitrogens with one attached hydrogen (secondary N) is 1. The highest BCUT2D eigenvalue weighted by atomic mass is 32.2. The zero-order chi connectivity index (χ0) is 13.7. The predicted octanol–water partition coefficient (Wildman–Crippen LogP) is 0.691. The molecule has 0 spiro atoms. The summed E-state index contributed by atoms with van der Waals surface area (Å²) >= 11 is 0. The monoisotopic (exact) mass is 279 g/mol. The lowest BCUT2D eigenvalue weighted by molar-refractivity contribution is 0.596. The Kier molecular flexibility index (Phi) is 4.75. The molecule has 0 fully saturated rings. The summed E-state index contributed by atoms with van der Waals surface area (Å²) in [4.78, 5) is 0. The third-order valence-electron chi connectivity index (χ3n) is 2.82. The number of aromatic nitrogens is 4. The molecular weight excluding hydrogens is 262 g/mol. The second-order valence-corrected chi connectivity index (χ2v) is 5.86. The Bertz CT molecular complexity index is 543. The van der Waals surface area contributed by atoms with Gasteiger partial charge >= 0.3 is 0 Å². The highest BCUT2D eigenvalue weighted by molar-refractivity contribution is 7.84. The Morgan fingerprint density at radius 3 is 3.00 bits per heavy atom. The van der Waals surface area contributed by atoms with Gasteiger partial charge in [-0.3, -0.25) is 4.21 Å². The van der Waals surface area contributed by atoms with E-state index >= 15 is 0 Å². The van der Waals surface area contributed by atoms with Gasteiger partial charge in [0.15, 0.2) is 0 Å². The van der Waals surface area contributed by atoms with Crippen molar-refractivity contribution in [3.63, 3.8) is 0 Å². The van der Waals surface area contributed by atoms with Crippen LogP contribution >= 0.6 is 0 Å². The van der Waals surface area contributed by atoms with E-state index in [9.17, 15) is 4.21 Å². The number of benzene rings is 1. The van der Waals surface area contributed by atoms with Crippen molar-refractivity contribution in [2.75, 3.05) is 18.6 Å². The predicted molar refractivity (Wildman–Crippen MR) is 74.5 cm³/mol. The fourth-order valence-corrected chi connectivity index (χ4v) is 2.16. The molecule has 1 aromatic heterocycles. The second-order valence-electron chi connectivity index (χ2n) is 4.30. The van der Waals surface area contributed by atoms with Crippen LogP contribution in [0.25, 0.3) is 5.69 Å². The number of rotatable bonds is 6. The number of nitrogens with zero attached hydrogens (tertiary/aromatic N) is 4. The molecule has 1 aromatic carbocycles. The van der Waals surface area contributed by atoms with Crippen molar-refractivity contribution in [3.8, 4) is 5.69 Å². The van der Waals surface area contributed by atoms with Crippen LogP contribution in [0.5, 0.6) is 0 Å². The van der Waals surface area contributed by atoms with Crippen molar-refractivity contribution in [2.45, 2.75) is 13.0 Å². The lowest BCUT2D eigenvalue weighted by Gasteiger charge is -2.14. The maximum Gasteiger partial charge on any atom is 0.143 e. The normalized spacial score (nSPS) is 14.2. The van der Waals surface area contributed by atoms with Gasteiger partial charge in [0, 0.05) is 35.4 Å². The highest BCUT2D eigenvalue weighted by Gasteiger charge is 2.06. The summed E-state index contributed by atoms with van der Waals surface area (Å²) in [5.41, 5.74) is 2.07. The van der Waals surface area contributed by atoms with Crippen molar-refractivity contribution in [2.24, 2.45) is 0 Å². The van der Waals surface area contributed by atoms with E-state index in [1.165, 1.54) is 0 Å². The van der Waals surface area contributed by atoms with Gasteiger partial charge in [0.1, 0.15) is 6.33 Å². The maximum absolute atomic E-state index is 11.0. The van der Waals surface area contributed by atoms with Crippen LogP contribution in [0.3, 0.4) is 0 Å². The summed E-state index contributed by atoms with van der Waals surface area (Å²) in [5.74, 6) is 0.664. The largest absolute Gasteiger partial charge is 0.309 e. The smallest absolute Gasteiger partial charge is 0.143 e. The first-order valence-electron chi connectivity index (χ1n) is 6.03. The van der Waals surface area contributed by atoms with Gasteiger partial charge < -0.3 is 5.32 Å². The zero-order valence-corrected chi connectivity index (χ0v) is 11.8. The molecule has 7 heteroatoms. The zero-order valence-electron chi connectivity index (χ0n) is 11.0. The molecule has 0 bridgehead atoms. The minimum absolute atomic E-state index is 0.194. The summed E-state index contributed by atoms with van der Waals surface area (Å²) in [7, 11) is -0.760. The number of hydrogen-bond donors (Lipinski definition) is 1. The molecule has 2 atom stereocenters. The van der Waals surface area contributed by atoms with Gasteiger partial charge in [0.2, 0.25) is 0 Å². The van der Waals surface area contributed by atoms with Gasteiger partial charge in [-0.1, -0.05) is 12.1 Å². The first-order chi connectivity index (χ1) is 9.16. The van der Waals surface area contributed by atoms with E-state index in [0.717, 1.165) is 17.8 Å². The first kappa shape index (κ1) is 13.8. The minimum Gasteiger partial charge on any atom is -0.309 e.